The molecule has 0 spiro atoms. The van der Waals surface area contributed by atoms with Gasteiger partial charge < -0.3 is 16.5 Å². The molecule has 1 aliphatic carbocycles. The van der Waals surface area contributed by atoms with Gasteiger partial charge in [0.05, 0.1) is 10.5 Å². The van der Waals surface area contributed by atoms with Gasteiger partial charge in [-0.05, 0) is 41.1 Å². The predicted molar refractivity (Wildman–Crippen MR) is 76.9 cm³/mol. The summed E-state index contributed by atoms with van der Waals surface area (Å²) in [6, 6.07) is 1.41. The Hall–Kier alpha value is -1.76. The molecule has 2 unspecified atom stereocenters. The fourth-order valence-corrected chi connectivity index (χ4v) is 2.25. The largest absolute Gasteiger partial charge is 0.368 e. The molecule has 2 atom stereocenters. The number of allylic oxidation sites excluding steroid dienone is 2. The number of aromatic nitrogens is 2. The summed E-state index contributed by atoms with van der Waals surface area (Å²) in [5.41, 5.74) is 5.87. The van der Waals surface area contributed by atoms with Crippen LogP contribution >= 0.6 is 15.9 Å². The molecule has 1 heterocycles. The van der Waals surface area contributed by atoms with Crippen molar-refractivity contribution < 1.29 is 4.39 Å². The summed E-state index contributed by atoms with van der Waals surface area (Å²) in [5, 5.41) is 10.8. The van der Waals surface area contributed by atoms with Gasteiger partial charge >= 0.3 is 0 Å². The second kappa shape index (κ2) is 5.48. The number of nitrogen functional groups attached to an aromatic ring is 1. The first-order valence-corrected chi connectivity index (χ1v) is 6.42. The summed E-state index contributed by atoms with van der Waals surface area (Å²) in [7, 11) is 0. The second-order valence-corrected chi connectivity index (χ2v) is 5.06. The van der Waals surface area contributed by atoms with Crippen molar-refractivity contribution >= 4 is 33.4 Å². The van der Waals surface area contributed by atoms with Crippen LogP contribution in [0.5, 0.6) is 0 Å². The van der Waals surface area contributed by atoms with Gasteiger partial charge in [-0.2, -0.15) is 4.98 Å². The van der Waals surface area contributed by atoms with Gasteiger partial charge in [0, 0.05) is 17.8 Å². The highest BCUT2D eigenvalue weighted by atomic mass is 79.9. The van der Waals surface area contributed by atoms with E-state index in [1.54, 1.807) is 19.1 Å². The quantitative estimate of drug-likeness (QED) is 0.745. The lowest BCUT2D eigenvalue weighted by molar-refractivity contribution is 0.621. The van der Waals surface area contributed by atoms with Gasteiger partial charge in [-0.25, -0.2) is 9.37 Å². The van der Waals surface area contributed by atoms with Gasteiger partial charge in [0.2, 0.25) is 5.95 Å². The molecule has 0 amide bonds. The zero-order chi connectivity index (χ0) is 14.0. The van der Waals surface area contributed by atoms with Crippen molar-refractivity contribution in [3.8, 4) is 0 Å². The molecular formula is C12H13BrFN5. The van der Waals surface area contributed by atoms with Crippen LogP contribution in [0, 0.1) is 11.3 Å². The summed E-state index contributed by atoms with van der Waals surface area (Å²) >= 11 is 3.15. The summed E-state index contributed by atoms with van der Waals surface area (Å²) in [5.74, 6) is -0.0287. The summed E-state index contributed by atoms with van der Waals surface area (Å²) in [6.45, 7) is 1.64. The maximum atomic E-state index is 13.5. The van der Waals surface area contributed by atoms with E-state index in [4.69, 9.17) is 11.1 Å². The van der Waals surface area contributed by atoms with Gasteiger partial charge in [0.25, 0.3) is 0 Å². The smallest absolute Gasteiger partial charge is 0.221 e. The first kappa shape index (κ1) is 13.7. The normalized spacial score (nSPS) is 22.5. The Morgan fingerprint density at radius 2 is 2.26 bits per heavy atom. The van der Waals surface area contributed by atoms with Crippen molar-refractivity contribution in [2.45, 2.75) is 13.0 Å². The van der Waals surface area contributed by atoms with E-state index >= 15 is 0 Å². The molecule has 7 heteroatoms. The molecule has 0 bridgehead atoms. The van der Waals surface area contributed by atoms with Gasteiger partial charge in [0.15, 0.2) is 0 Å². The van der Waals surface area contributed by atoms with Crippen molar-refractivity contribution in [2.24, 2.45) is 5.92 Å². The molecule has 0 fully saturated rings. The van der Waals surface area contributed by atoms with Crippen LogP contribution in [0.2, 0.25) is 0 Å². The van der Waals surface area contributed by atoms with E-state index in [9.17, 15) is 4.39 Å². The topological polar surface area (TPSA) is 87.7 Å². The molecular weight excluding hydrogens is 313 g/mol. The Morgan fingerprint density at radius 3 is 2.89 bits per heavy atom. The lowest BCUT2D eigenvalue weighted by atomic mass is 9.91. The van der Waals surface area contributed by atoms with Gasteiger partial charge in [-0.15, -0.1) is 0 Å². The lowest BCUT2D eigenvalue weighted by Gasteiger charge is -2.26. The first-order chi connectivity index (χ1) is 8.97. The van der Waals surface area contributed by atoms with E-state index in [1.807, 2.05) is 0 Å². The lowest BCUT2D eigenvalue weighted by Crippen LogP contribution is -2.33. The maximum absolute atomic E-state index is 13.5. The van der Waals surface area contributed by atoms with Crippen LogP contribution < -0.4 is 11.1 Å². The van der Waals surface area contributed by atoms with E-state index in [-0.39, 0.29) is 23.7 Å². The number of hydrogen-bond acceptors (Lipinski definition) is 5. The first-order valence-electron chi connectivity index (χ1n) is 5.62. The molecule has 100 valence electrons. The summed E-state index contributed by atoms with van der Waals surface area (Å²) < 4.78 is 13.9. The van der Waals surface area contributed by atoms with Crippen molar-refractivity contribution in [3.05, 3.63) is 34.7 Å². The molecule has 4 N–H and O–H groups in total. The number of nitrogens with two attached hydrogens (primary N) is 1. The van der Waals surface area contributed by atoms with Crippen molar-refractivity contribution in [2.75, 3.05) is 11.1 Å². The molecule has 5 nitrogen and oxygen atoms in total. The third-order valence-electron chi connectivity index (χ3n) is 2.76. The van der Waals surface area contributed by atoms with Crippen LogP contribution in [0.15, 0.2) is 34.7 Å². The van der Waals surface area contributed by atoms with E-state index in [0.717, 1.165) is 0 Å². The Bertz CT molecular complexity index is 569. The average Bonchev–Trinajstić information content (AvgIpc) is 2.33. The third-order valence-corrected chi connectivity index (χ3v) is 3.40. The maximum Gasteiger partial charge on any atom is 0.221 e. The monoisotopic (exact) mass is 325 g/mol. The molecule has 1 aromatic rings. The van der Waals surface area contributed by atoms with Gasteiger partial charge in [-0.3, -0.25) is 0 Å². The fourth-order valence-electron chi connectivity index (χ4n) is 1.83. The Balaban J connectivity index is 2.25. The zero-order valence-electron chi connectivity index (χ0n) is 10.2. The highest BCUT2D eigenvalue weighted by molar-refractivity contribution is 9.11. The molecule has 19 heavy (non-hydrogen) atoms. The van der Waals surface area contributed by atoms with E-state index < -0.39 is 0 Å². The molecule has 2 rings (SSSR count). The SMILES string of the molecule is CC(=N)C1C=C(F)C(Br)=CC1Nc1ccnc(N)n1. The molecule has 0 radical (unpaired) electrons. The predicted octanol–water partition coefficient (Wildman–Crippen LogP) is 2.64. The molecule has 0 aliphatic heterocycles. The number of halogens is 2. The minimum absolute atomic E-state index is 0.161. The van der Waals surface area contributed by atoms with E-state index in [2.05, 4.69) is 31.2 Å². The summed E-state index contributed by atoms with van der Waals surface area (Å²) in [6.07, 6.45) is 4.62. The Labute approximate surface area is 118 Å². The van der Waals surface area contributed by atoms with Crippen molar-refractivity contribution in [1.29, 1.82) is 5.41 Å². The van der Waals surface area contributed by atoms with Crippen LogP contribution in [0.25, 0.3) is 0 Å². The average molecular weight is 326 g/mol. The number of anilines is 2. The van der Waals surface area contributed by atoms with Crippen LogP contribution in [0.3, 0.4) is 0 Å². The van der Waals surface area contributed by atoms with E-state index in [1.165, 1.54) is 12.3 Å². The second-order valence-electron chi connectivity index (χ2n) is 4.21. The minimum atomic E-state index is -0.364. The van der Waals surface area contributed by atoms with Crippen LogP contribution in [-0.2, 0) is 0 Å². The van der Waals surface area contributed by atoms with Crippen molar-refractivity contribution in [3.63, 3.8) is 0 Å². The van der Waals surface area contributed by atoms with Crippen LogP contribution in [0.1, 0.15) is 6.92 Å². The summed E-state index contributed by atoms with van der Waals surface area (Å²) in [4.78, 5) is 7.83. The number of nitrogens with one attached hydrogen (secondary N) is 2. The standard InChI is InChI=1S/C12H13BrFN5/c1-6(15)7-4-9(14)8(13)5-10(7)18-11-2-3-17-12(16)19-11/h2-5,7,10,15H,1H3,(H3,16,17,18,19). The molecule has 0 saturated carbocycles. The fraction of sp³-hybridized carbons (Fsp3) is 0.250. The minimum Gasteiger partial charge on any atom is -0.368 e. The van der Waals surface area contributed by atoms with Gasteiger partial charge in [-0.1, -0.05) is 0 Å². The number of hydrogen-bond donors (Lipinski definition) is 3. The zero-order valence-corrected chi connectivity index (χ0v) is 11.8. The number of nitrogens with zero attached hydrogens (tertiary/aromatic N) is 2. The highest BCUT2D eigenvalue weighted by Crippen LogP contribution is 2.30. The van der Waals surface area contributed by atoms with E-state index in [0.29, 0.717) is 16.0 Å². The molecule has 1 aromatic heterocycles. The van der Waals surface area contributed by atoms with Gasteiger partial charge in [0.1, 0.15) is 11.6 Å². The Morgan fingerprint density at radius 1 is 1.53 bits per heavy atom. The third kappa shape index (κ3) is 3.17. The van der Waals surface area contributed by atoms with Crippen LogP contribution in [0.4, 0.5) is 16.2 Å². The molecule has 0 saturated heterocycles. The molecule has 1 aliphatic rings. The Kier molecular flexibility index (Phi) is 3.94. The highest BCUT2D eigenvalue weighted by Gasteiger charge is 2.26. The molecule has 0 aromatic carbocycles. The van der Waals surface area contributed by atoms with Crippen molar-refractivity contribution in [1.82, 2.24) is 9.97 Å². The number of rotatable bonds is 3. The van der Waals surface area contributed by atoms with Crippen LogP contribution in [-0.4, -0.2) is 21.7 Å².